The molecule has 1 aromatic heterocycles. The van der Waals surface area contributed by atoms with E-state index in [1.54, 1.807) is 14.2 Å². The molecule has 1 N–H and O–H groups in total. The molecule has 1 atom stereocenters. The average Bonchev–Trinajstić information content (AvgIpc) is 3.01. The van der Waals surface area contributed by atoms with Crippen molar-refractivity contribution in [2.75, 3.05) is 19.5 Å². The third kappa shape index (κ3) is 2.91. The lowest BCUT2D eigenvalue weighted by atomic mass is 9.87. The predicted octanol–water partition coefficient (Wildman–Crippen LogP) is 3.72. The molecule has 0 saturated heterocycles. The molecule has 2 heterocycles. The van der Waals surface area contributed by atoms with Gasteiger partial charge in [0.1, 0.15) is 23.0 Å². The number of carbonyl (C=O) groups is 1. The molecule has 5 nitrogen and oxygen atoms in total. The van der Waals surface area contributed by atoms with Crippen LogP contribution in [-0.4, -0.2) is 20.1 Å². The van der Waals surface area contributed by atoms with Gasteiger partial charge in [0, 0.05) is 30.5 Å². The number of aryl methyl sites for hydroxylation is 1. The van der Waals surface area contributed by atoms with Gasteiger partial charge in [-0.25, -0.2) is 0 Å². The fraction of sp³-hybridized carbons (Fsp3) is 0.389. The summed E-state index contributed by atoms with van der Waals surface area (Å²) in [6.45, 7) is 2.11. The van der Waals surface area contributed by atoms with Gasteiger partial charge < -0.3 is 19.2 Å². The molecule has 0 spiro atoms. The molecule has 122 valence electrons. The molecular weight excluding hydrogens is 294 g/mol. The van der Waals surface area contributed by atoms with Crippen LogP contribution in [0.4, 0.5) is 5.69 Å². The standard InChI is InChI=1S/C18H21NO4/c1-4-5-11-6-7-15(23-11)13-10-17(20)19-14-8-12(21-2)9-16(22-3)18(13)14/h6-9,13H,4-5,10H2,1-3H3,(H,19,20). The highest BCUT2D eigenvalue weighted by molar-refractivity contribution is 5.96. The first kappa shape index (κ1) is 15.5. The second kappa shape index (κ2) is 6.36. The van der Waals surface area contributed by atoms with Crippen molar-refractivity contribution in [1.82, 2.24) is 0 Å². The van der Waals surface area contributed by atoms with Gasteiger partial charge in [0.05, 0.1) is 25.8 Å². The van der Waals surface area contributed by atoms with Gasteiger partial charge in [0.2, 0.25) is 5.91 Å². The molecule has 3 rings (SSSR count). The van der Waals surface area contributed by atoms with Crippen molar-refractivity contribution in [2.45, 2.75) is 32.1 Å². The molecule has 1 aromatic carbocycles. The third-order valence-electron chi connectivity index (χ3n) is 4.11. The number of methoxy groups -OCH3 is 2. The first-order chi connectivity index (χ1) is 11.2. The molecule has 1 unspecified atom stereocenters. The highest BCUT2D eigenvalue weighted by Crippen LogP contribution is 2.45. The van der Waals surface area contributed by atoms with Crippen LogP contribution in [0.25, 0.3) is 0 Å². The summed E-state index contributed by atoms with van der Waals surface area (Å²) in [7, 11) is 3.21. The normalized spacial score (nSPS) is 16.7. The van der Waals surface area contributed by atoms with Crippen LogP contribution in [0, 0.1) is 0 Å². The molecule has 0 radical (unpaired) electrons. The number of benzene rings is 1. The number of ether oxygens (including phenoxy) is 2. The largest absolute Gasteiger partial charge is 0.497 e. The summed E-state index contributed by atoms with van der Waals surface area (Å²) in [5.41, 5.74) is 1.65. The van der Waals surface area contributed by atoms with Crippen molar-refractivity contribution in [3.8, 4) is 11.5 Å². The van der Waals surface area contributed by atoms with E-state index >= 15 is 0 Å². The summed E-state index contributed by atoms with van der Waals surface area (Å²) in [6.07, 6.45) is 2.26. The quantitative estimate of drug-likeness (QED) is 0.913. The van der Waals surface area contributed by atoms with Crippen LogP contribution in [0.3, 0.4) is 0 Å². The lowest BCUT2D eigenvalue weighted by molar-refractivity contribution is -0.116. The Hall–Kier alpha value is -2.43. The molecule has 1 aliphatic rings. The maximum absolute atomic E-state index is 12.1. The van der Waals surface area contributed by atoms with Crippen molar-refractivity contribution in [2.24, 2.45) is 0 Å². The summed E-state index contributed by atoms with van der Waals surface area (Å²) >= 11 is 0. The smallest absolute Gasteiger partial charge is 0.225 e. The summed E-state index contributed by atoms with van der Waals surface area (Å²) in [6, 6.07) is 7.60. The number of anilines is 1. The topological polar surface area (TPSA) is 60.7 Å². The Labute approximate surface area is 135 Å². The van der Waals surface area contributed by atoms with E-state index in [0.717, 1.165) is 35.6 Å². The molecule has 2 aromatic rings. The van der Waals surface area contributed by atoms with Crippen LogP contribution in [-0.2, 0) is 11.2 Å². The number of nitrogens with one attached hydrogen (secondary N) is 1. The summed E-state index contributed by atoms with van der Waals surface area (Å²) in [5.74, 6) is 2.90. The zero-order valence-electron chi connectivity index (χ0n) is 13.6. The Morgan fingerprint density at radius 1 is 1.26 bits per heavy atom. The minimum Gasteiger partial charge on any atom is -0.497 e. The van der Waals surface area contributed by atoms with Crippen LogP contribution in [0.1, 0.15) is 42.8 Å². The van der Waals surface area contributed by atoms with Gasteiger partial charge in [-0.15, -0.1) is 0 Å². The van der Waals surface area contributed by atoms with Gasteiger partial charge in [-0.05, 0) is 18.6 Å². The zero-order valence-corrected chi connectivity index (χ0v) is 13.6. The highest BCUT2D eigenvalue weighted by Gasteiger charge is 2.32. The molecule has 1 amide bonds. The summed E-state index contributed by atoms with van der Waals surface area (Å²) in [5, 5.41) is 2.90. The number of carbonyl (C=O) groups excluding carboxylic acids is 1. The summed E-state index contributed by atoms with van der Waals surface area (Å²) < 4.78 is 16.8. The molecule has 23 heavy (non-hydrogen) atoms. The van der Waals surface area contributed by atoms with E-state index in [-0.39, 0.29) is 11.8 Å². The lowest BCUT2D eigenvalue weighted by Crippen LogP contribution is -2.24. The number of amides is 1. The van der Waals surface area contributed by atoms with Gasteiger partial charge in [0.25, 0.3) is 0 Å². The fourth-order valence-electron chi connectivity index (χ4n) is 3.05. The molecule has 0 fully saturated rings. The average molecular weight is 315 g/mol. The van der Waals surface area contributed by atoms with Gasteiger partial charge in [-0.3, -0.25) is 4.79 Å². The molecule has 0 saturated carbocycles. The predicted molar refractivity (Wildman–Crippen MR) is 87.3 cm³/mol. The number of furan rings is 1. The second-order valence-electron chi connectivity index (χ2n) is 5.65. The van der Waals surface area contributed by atoms with E-state index in [4.69, 9.17) is 13.9 Å². The lowest BCUT2D eigenvalue weighted by Gasteiger charge is -2.26. The number of hydrogen-bond acceptors (Lipinski definition) is 4. The maximum atomic E-state index is 12.1. The molecule has 0 bridgehead atoms. The third-order valence-corrected chi connectivity index (χ3v) is 4.11. The summed E-state index contributed by atoms with van der Waals surface area (Å²) in [4.78, 5) is 12.1. The van der Waals surface area contributed by atoms with Gasteiger partial charge in [-0.2, -0.15) is 0 Å². The zero-order chi connectivity index (χ0) is 16.4. The monoisotopic (exact) mass is 315 g/mol. The minimum atomic E-state index is -0.148. The molecule has 5 heteroatoms. The van der Waals surface area contributed by atoms with Crippen molar-refractivity contribution in [3.63, 3.8) is 0 Å². The van der Waals surface area contributed by atoms with Gasteiger partial charge in [0.15, 0.2) is 0 Å². The van der Waals surface area contributed by atoms with E-state index in [0.29, 0.717) is 17.9 Å². The van der Waals surface area contributed by atoms with E-state index in [2.05, 4.69) is 12.2 Å². The van der Waals surface area contributed by atoms with Gasteiger partial charge in [-0.1, -0.05) is 6.92 Å². The Morgan fingerprint density at radius 3 is 2.78 bits per heavy atom. The minimum absolute atomic E-state index is 0.0359. The van der Waals surface area contributed by atoms with Crippen molar-refractivity contribution < 1.29 is 18.7 Å². The number of fused-ring (bicyclic) bond motifs is 1. The number of hydrogen-bond donors (Lipinski definition) is 1. The Bertz CT molecular complexity index is 720. The van der Waals surface area contributed by atoms with Crippen molar-refractivity contribution >= 4 is 11.6 Å². The van der Waals surface area contributed by atoms with E-state index in [9.17, 15) is 4.79 Å². The van der Waals surface area contributed by atoms with Crippen LogP contribution in [0.15, 0.2) is 28.7 Å². The van der Waals surface area contributed by atoms with Crippen LogP contribution in [0.5, 0.6) is 11.5 Å². The van der Waals surface area contributed by atoms with Crippen LogP contribution < -0.4 is 14.8 Å². The van der Waals surface area contributed by atoms with E-state index in [1.165, 1.54) is 0 Å². The van der Waals surface area contributed by atoms with Gasteiger partial charge >= 0.3 is 0 Å². The molecule has 0 aliphatic carbocycles. The second-order valence-corrected chi connectivity index (χ2v) is 5.65. The fourth-order valence-corrected chi connectivity index (χ4v) is 3.05. The maximum Gasteiger partial charge on any atom is 0.225 e. The van der Waals surface area contributed by atoms with E-state index in [1.807, 2.05) is 24.3 Å². The molecule has 1 aliphatic heterocycles. The van der Waals surface area contributed by atoms with Crippen molar-refractivity contribution in [3.05, 3.63) is 41.3 Å². The Balaban J connectivity index is 2.08. The Morgan fingerprint density at radius 2 is 2.09 bits per heavy atom. The first-order valence-corrected chi connectivity index (χ1v) is 7.80. The SMILES string of the molecule is CCCc1ccc(C2CC(=O)Nc3cc(OC)cc(OC)c32)o1. The highest BCUT2D eigenvalue weighted by atomic mass is 16.5. The van der Waals surface area contributed by atoms with E-state index < -0.39 is 0 Å². The first-order valence-electron chi connectivity index (χ1n) is 7.80. The van der Waals surface area contributed by atoms with Crippen LogP contribution in [0.2, 0.25) is 0 Å². The molecular formula is C18H21NO4. The van der Waals surface area contributed by atoms with Crippen molar-refractivity contribution in [1.29, 1.82) is 0 Å². The van der Waals surface area contributed by atoms with Crippen LogP contribution >= 0.6 is 0 Å². The Kier molecular flexibility index (Phi) is 4.28. The number of rotatable bonds is 5.